The number of para-hydroxylation sites is 1. The number of carbonyl (C=O) groups excluding carboxylic acids is 4. The zero-order valence-electron chi connectivity index (χ0n) is 24.9. The molecule has 0 saturated heterocycles. The zero-order valence-corrected chi connectivity index (χ0v) is 24.9. The summed E-state index contributed by atoms with van der Waals surface area (Å²) in [7, 11) is 0. The Morgan fingerprint density at radius 2 is 1.93 bits per heavy atom. The highest BCUT2D eigenvalue weighted by molar-refractivity contribution is 5.93. The van der Waals surface area contributed by atoms with Gasteiger partial charge in [0.1, 0.15) is 36.7 Å². The van der Waals surface area contributed by atoms with E-state index in [9.17, 15) is 24.3 Å². The first-order valence-electron chi connectivity index (χ1n) is 14.9. The number of benzene rings is 1. The van der Waals surface area contributed by atoms with Crippen LogP contribution >= 0.6 is 0 Å². The van der Waals surface area contributed by atoms with Crippen LogP contribution in [0.4, 0.5) is 0 Å². The third kappa shape index (κ3) is 9.01. The first-order chi connectivity index (χ1) is 20.6. The molecule has 0 spiro atoms. The number of nitrogens with zero attached hydrogens (tertiary/aromatic N) is 2. The number of hydrogen-bond donors (Lipinski definition) is 5. The molecule has 13 heteroatoms. The summed E-state index contributed by atoms with van der Waals surface area (Å²) in [5, 5.41) is 21.5. The number of nitrogens with one attached hydrogen (secondary N) is 4. The summed E-state index contributed by atoms with van der Waals surface area (Å²) in [6.07, 6.45) is 1.75. The number of ether oxygens (including phenoxy) is 1. The molecule has 0 radical (unpaired) electrons. The molecule has 4 rings (SSSR count). The Hall–Kier alpha value is -3.97. The predicted molar refractivity (Wildman–Crippen MR) is 156 cm³/mol. The van der Waals surface area contributed by atoms with Gasteiger partial charge in [-0.2, -0.15) is 0 Å². The average Bonchev–Trinajstić information content (AvgIpc) is 3.36. The summed E-state index contributed by atoms with van der Waals surface area (Å²) in [4.78, 5) is 58.8. The molecule has 0 fully saturated rings. The van der Waals surface area contributed by atoms with Crippen molar-refractivity contribution >= 4 is 23.6 Å². The number of carbonyl (C=O) groups is 4. The first-order valence-corrected chi connectivity index (χ1v) is 14.9. The van der Waals surface area contributed by atoms with Crippen molar-refractivity contribution in [1.82, 2.24) is 31.2 Å². The molecule has 1 aromatic heterocycles. The quantitative estimate of drug-likeness (QED) is 0.325. The standard InChI is InChI=1S/C30H42N6O7/c1-18(2)14-22-30-34-23(17-43-30)27(39)31-11-7-6-9-21(28(40)35-26(19(3)37)29(41)33-22)32-25(38)16-36-12-13-42-24-10-5-4-8-20(24)15-36/h4-5,8,10,17-19,21-22,26,37H,6-7,9,11-16H2,1-3H3,(H,31,39)(H,32,38)(H,33,41)(H,35,40)/t19-,21+,22+,26+/m1/s1. The van der Waals surface area contributed by atoms with Crippen LogP contribution in [0.1, 0.15) is 74.4 Å². The highest BCUT2D eigenvalue weighted by Crippen LogP contribution is 2.23. The van der Waals surface area contributed by atoms with Gasteiger partial charge in [0.15, 0.2) is 5.69 Å². The van der Waals surface area contributed by atoms with Crippen LogP contribution in [-0.4, -0.2) is 83.0 Å². The fourth-order valence-corrected chi connectivity index (χ4v) is 5.16. The molecular weight excluding hydrogens is 556 g/mol. The predicted octanol–water partition coefficient (Wildman–Crippen LogP) is 1.04. The van der Waals surface area contributed by atoms with Crippen molar-refractivity contribution in [2.24, 2.45) is 5.92 Å². The molecule has 2 aliphatic rings. The molecule has 43 heavy (non-hydrogen) atoms. The zero-order chi connectivity index (χ0) is 30.9. The van der Waals surface area contributed by atoms with E-state index in [1.54, 1.807) is 0 Å². The van der Waals surface area contributed by atoms with Gasteiger partial charge in [0, 0.05) is 25.2 Å². The Morgan fingerprint density at radius 1 is 1.14 bits per heavy atom. The summed E-state index contributed by atoms with van der Waals surface area (Å²) in [5.74, 6) is -0.923. The van der Waals surface area contributed by atoms with Gasteiger partial charge in [-0.3, -0.25) is 24.1 Å². The molecule has 1 aromatic carbocycles. The minimum absolute atomic E-state index is 0.0476. The molecule has 4 amide bonds. The number of aliphatic hydroxyl groups excluding tert-OH is 1. The summed E-state index contributed by atoms with van der Waals surface area (Å²) in [6, 6.07) is 4.71. The third-order valence-corrected chi connectivity index (χ3v) is 7.39. The third-order valence-electron chi connectivity index (χ3n) is 7.39. The second-order valence-corrected chi connectivity index (χ2v) is 11.5. The smallest absolute Gasteiger partial charge is 0.273 e. The number of aromatic nitrogens is 1. The van der Waals surface area contributed by atoms with E-state index >= 15 is 0 Å². The topological polar surface area (TPSA) is 175 Å². The lowest BCUT2D eigenvalue weighted by Crippen LogP contribution is -2.58. The van der Waals surface area contributed by atoms with Gasteiger partial charge < -0.3 is 35.5 Å². The number of rotatable bonds is 6. The number of fused-ring (bicyclic) bond motifs is 3. The molecular formula is C30H42N6O7. The molecule has 0 unspecified atom stereocenters. The van der Waals surface area contributed by atoms with Gasteiger partial charge >= 0.3 is 0 Å². The molecule has 2 bridgehead atoms. The van der Waals surface area contributed by atoms with E-state index in [1.807, 2.05) is 43.0 Å². The molecule has 3 heterocycles. The molecule has 4 atom stereocenters. The lowest BCUT2D eigenvalue weighted by atomic mass is 10.0. The maximum absolute atomic E-state index is 13.5. The molecule has 13 nitrogen and oxygen atoms in total. The minimum Gasteiger partial charge on any atom is -0.492 e. The molecule has 5 N–H and O–H groups in total. The number of hydrogen-bond acceptors (Lipinski definition) is 9. The van der Waals surface area contributed by atoms with Crippen molar-refractivity contribution in [3.05, 3.63) is 47.7 Å². The van der Waals surface area contributed by atoms with Crippen molar-refractivity contribution in [2.45, 2.75) is 77.2 Å². The lowest BCUT2D eigenvalue weighted by molar-refractivity contribution is -0.134. The number of aliphatic hydroxyl groups is 1. The van der Waals surface area contributed by atoms with E-state index < -0.39 is 42.0 Å². The fourth-order valence-electron chi connectivity index (χ4n) is 5.16. The minimum atomic E-state index is -1.30. The van der Waals surface area contributed by atoms with Crippen LogP contribution in [0.15, 0.2) is 34.9 Å². The second-order valence-electron chi connectivity index (χ2n) is 11.5. The van der Waals surface area contributed by atoms with E-state index in [-0.39, 0.29) is 36.4 Å². The van der Waals surface area contributed by atoms with E-state index in [2.05, 4.69) is 26.3 Å². The Morgan fingerprint density at radius 3 is 2.70 bits per heavy atom. The highest BCUT2D eigenvalue weighted by Gasteiger charge is 2.33. The van der Waals surface area contributed by atoms with Crippen LogP contribution in [0.5, 0.6) is 5.75 Å². The Kier molecular flexibility index (Phi) is 11.1. The fraction of sp³-hybridized carbons (Fsp3) is 0.567. The summed E-state index contributed by atoms with van der Waals surface area (Å²) >= 11 is 0. The van der Waals surface area contributed by atoms with Crippen LogP contribution in [-0.2, 0) is 20.9 Å². The van der Waals surface area contributed by atoms with Crippen molar-refractivity contribution < 1.29 is 33.4 Å². The van der Waals surface area contributed by atoms with Gasteiger partial charge in [-0.15, -0.1) is 0 Å². The number of oxazole rings is 1. The number of amides is 4. The normalized spacial score (nSPS) is 23.2. The summed E-state index contributed by atoms with van der Waals surface area (Å²) in [5.41, 5.74) is 1.07. The van der Waals surface area contributed by atoms with Crippen LogP contribution in [0.2, 0.25) is 0 Å². The average molecular weight is 599 g/mol. The van der Waals surface area contributed by atoms with Crippen LogP contribution in [0.25, 0.3) is 0 Å². The SMILES string of the molecule is CC(C)C[C@@H]1NC(=O)[C@H]([C@@H](C)O)NC(=O)[C@@H](NC(=O)CN2CCOc3ccccc3C2)CCCCNC(=O)c2coc1n2. The Bertz CT molecular complexity index is 1280. The van der Waals surface area contributed by atoms with E-state index in [4.69, 9.17) is 9.15 Å². The van der Waals surface area contributed by atoms with Crippen molar-refractivity contribution in [2.75, 3.05) is 26.2 Å². The van der Waals surface area contributed by atoms with Gasteiger partial charge in [-0.25, -0.2) is 4.98 Å². The van der Waals surface area contributed by atoms with Gasteiger partial charge in [0.2, 0.25) is 23.6 Å². The molecule has 0 aliphatic carbocycles. The monoisotopic (exact) mass is 598 g/mol. The van der Waals surface area contributed by atoms with Crippen LogP contribution in [0.3, 0.4) is 0 Å². The Balaban J connectivity index is 1.49. The van der Waals surface area contributed by atoms with Gasteiger partial charge in [-0.1, -0.05) is 32.0 Å². The molecule has 2 aliphatic heterocycles. The van der Waals surface area contributed by atoms with Crippen LogP contribution in [0, 0.1) is 5.92 Å². The highest BCUT2D eigenvalue weighted by atomic mass is 16.5. The maximum atomic E-state index is 13.5. The van der Waals surface area contributed by atoms with Crippen molar-refractivity contribution in [1.29, 1.82) is 0 Å². The summed E-state index contributed by atoms with van der Waals surface area (Å²) in [6.45, 7) is 7.18. The molecule has 234 valence electrons. The lowest BCUT2D eigenvalue weighted by Gasteiger charge is -2.27. The van der Waals surface area contributed by atoms with Crippen molar-refractivity contribution in [3.63, 3.8) is 0 Å². The van der Waals surface area contributed by atoms with E-state index in [1.165, 1.54) is 13.2 Å². The van der Waals surface area contributed by atoms with E-state index in [0.29, 0.717) is 45.5 Å². The van der Waals surface area contributed by atoms with Gasteiger partial charge in [0.05, 0.1) is 12.6 Å². The largest absolute Gasteiger partial charge is 0.492 e. The van der Waals surface area contributed by atoms with Crippen molar-refractivity contribution in [3.8, 4) is 5.75 Å². The molecule has 2 aromatic rings. The maximum Gasteiger partial charge on any atom is 0.273 e. The summed E-state index contributed by atoms with van der Waals surface area (Å²) < 4.78 is 11.3. The van der Waals surface area contributed by atoms with Crippen LogP contribution < -0.4 is 26.0 Å². The van der Waals surface area contributed by atoms with Gasteiger partial charge in [-0.05, 0) is 44.6 Å². The van der Waals surface area contributed by atoms with Gasteiger partial charge in [0.25, 0.3) is 5.91 Å². The first kappa shape index (κ1) is 32.0. The van der Waals surface area contributed by atoms with E-state index in [0.717, 1.165) is 11.3 Å². The Labute approximate surface area is 251 Å². The second kappa shape index (κ2) is 15.0. The molecule has 0 saturated carbocycles.